The molecular formula is C13H22N2O. The van der Waals surface area contributed by atoms with Crippen molar-refractivity contribution in [2.45, 2.75) is 39.2 Å². The fourth-order valence-electron chi connectivity index (χ4n) is 2.79. The van der Waals surface area contributed by atoms with E-state index in [4.69, 9.17) is 0 Å². The highest BCUT2D eigenvalue weighted by molar-refractivity contribution is 5.06. The van der Waals surface area contributed by atoms with E-state index >= 15 is 0 Å². The molecule has 16 heavy (non-hydrogen) atoms. The van der Waals surface area contributed by atoms with Gasteiger partial charge in [0.2, 0.25) is 0 Å². The van der Waals surface area contributed by atoms with Crippen molar-refractivity contribution < 1.29 is 5.11 Å². The van der Waals surface area contributed by atoms with Gasteiger partial charge in [-0.05, 0) is 36.7 Å². The second-order valence-electron chi connectivity index (χ2n) is 5.35. The Morgan fingerprint density at radius 3 is 2.69 bits per heavy atom. The smallest absolute Gasteiger partial charge is 0.0984 e. The molecule has 0 bridgehead atoms. The maximum absolute atomic E-state index is 10.4. The quantitative estimate of drug-likeness (QED) is 0.835. The van der Waals surface area contributed by atoms with Crippen LogP contribution in [0.25, 0.3) is 0 Å². The summed E-state index contributed by atoms with van der Waals surface area (Å²) in [6.07, 6.45) is 4.92. The zero-order valence-electron chi connectivity index (χ0n) is 10.4. The van der Waals surface area contributed by atoms with E-state index in [9.17, 15) is 5.11 Å². The highest BCUT2D eigenvalue weighted by atomic mass is 16.3. The first-order chi connectivity index (χ1) is 7.59. The topological polar surface area (TPSA) is 38.1 Å². The van der Waals surface area contributed by atoms with Gasteiger partial charge >= 0.3 is 0 Å². The summed E-state index contributed by atoms with van der Waals surface area (Å²) in [5, 5.41) is 14.5. The van der Waals surface area contributed by atoms with E-state index in [1.54, 1.807) is 10.9 Å². The maximum atomic E-state index is 10.4. The Morgan fingerprint density at radius 1 is 1.38 bits per heavy atom. The molecule has 0 spiro atoms. The van der Waals surface area contributed by atoms with Crippen LogP contribution < -0.4 is 0 Å². The summed E-state index contributed by atoms with van der Waals surface area (Å²) in [4.78, 5) is 0. The van der Waals surface area contributed by atoms with Crippen LogP contribution in [0.3, 0.4) is 0 Å². The normalized spacial score (nSPS) is 32.6. The van der Waals surface area contributed by atoms with E-state index in [1.165, 1.54) is 6.42 Å². The van der Waals surface area contributed by atoms with Gasteiger partial charge in [-0.15, -0.1) is 0 Å². The SMILES string of the molecule is CC1CCC(C(O)c2ccnn2C)CC1C. The van der Waals surface area contributed by atoms with Gasteiger partial charge in [0, 0.05) is 13.2 Å². The van der Waals surface area contributed by atoms with Gasteiger partial charge in [0.1, 0.15) is 0 Å². The van der Waals surface area contributed by atoms with Crippen LogP contribution >= 0.6 is 0 Å². The predicted molar refractivity (Wildman–Crippen MR) is 63.8 cm³/mol. The number of nitrogens with zero attached hydrogens (tertiary/aromatic N) is 2. The van der Waals surface area contributed by atoms with E-state index in [-0.39, 0.29) is 6.10 Å². The van der Waals surface area contributed by atoms with Gasteiger partial charge in [0.15, 0.2) is 0 Å². The Labute approximate surface area is 97.5 Å². The zero-order chi connectivity index (χ0) is 11.7. The summed E-state index contributed by atoms with van der Waals surface area (Å²) in [5.41, 5.74) is 0.951. The second kappa shape index (κ2) is 4.58. The Kier molecular flexibility index (Phi) is 3.33. The zero-order valence-corrected chi connectivity index (χ0v) is 10.4. The summed E-state index contributed by atoms with van der Waals surface area (Å²) in [7, 11) is 1.90. The van der Waals surface area contributed by atoms with Crippen LogP contribution in [-0.2, 0) is 7.05 Å². The molecule has 0 aromatic carbocycles. The molecule has 1 heterocycles. The number of hydrogen-bond acceptors (Lipinski definition) is 2. The largest absolute Gasteiger partial charge is 0.387 e. The third-order valence-corrected chi connectivity index (χ3v) is 4.25. The lowest BCUT2D eigenvalue weighted by Crippen LogP contribution is -2.26. The molecule has 2 rings (SSSR count). The Bertz CT molecular complexity index is 347. The first kappa shape index (κ1) is 11.6. The third-order valence-electron chi connectivity index (χ3n) is 4.25. The van der Waals surface area contributed by atoms with Crippen LogP contribution in [0, 0.1) is 17.8 Å². The van der Waals surface area contributed by atoms with Crippen LogP contribution in [0.2, 0.25) is 0 Å². The van der Waals surface area contributed by atoms with Gasteiger partial charge < -0.3 is 5.11 Å². The molecule has 0 saturated heterocycles. The standard InChI is InChI=1S/C13H22N2O/c1-9-4-5-11(8-10(9)2)13(16)12-6-7-14-15(12)3/h6-7,9-11,13,16H,4-5,8H2,1-3H3. The minimum atomic E-state index is -0.345. The molecule has 0 radical (unpaired) electrons. The van der Waals surface area contributed by atoms with Gasteiger partial charge in [-0.25, -0.2) is 0 Å². The van der Waals surface area contributed by atoms with E-state index in [0.29, 0.717) is 5.92 Å². The molecule has 1 aromatic heterocycles. The van der Waals surface area contributed by atoms with Crippen LogP contribution in [0.1, 0.15) is 44.9 Å². The van der Waals surface area contributed by atoms with E-state index in [0.717, 1.165) is 30.4 Å². The molecule has 0 amide bonds. The van der Waals surface area contributed by atoms with Gasteiger partial charge in [-0.3, -0.25) is 4.68 Å². The van der Waals surface area contributed by atoms with Crippen molar-refractivity contribution >= 4 is 0 Å². The minimum absolute atomic E-state index is 0.345. The summed E-state index contributed by atoms with van der Waals surface area (Å²) in [5.74, 6) is 1.93. The summed E-state index contributed by atoms with van der Waals surface area (Å²) >= 11 is 0. The van der Waals surface area contributed by atoms with Crippen molar-refractivity contribution in [3.8, 4) is 0 Å². The monoisotopic (exact) mass is 222 g/mol. The summed E-state index contributed by atoms with van der Waals surface area (Å²) in [6, 6.07) is 1.92. The number of aliphatic hydroxyl groups is 1. The fraction of sp³-hybridized carbons (Fsp3) is 0.769. The molecule has 1 aliphatic rings. The molecule has 1 fully saturated rings. The molecule has 3 heteroatoms. The van der Waals surface area contributed by atoms with Crippen molar-refractivity contribution in [2.75, 3.05) is 0 Å². The molecule has 3 nitrogen and oxygen atoms in total. The van der Waals surface area contributed by atoms with Crippen molar-refractivity contribution in [1.82, 2.24) is 9.78 Å². The number of hydrogen-bond donors (Lipinski definition) is 1. The predicted octanol–water partition coefficient (Wildman–Crippen LogP) is 2.53. The molecule has 4 atom stereocenters. The number of rotatable bonds is 2. The fourth-order valence-corrected chi connectivity index (χ4v) is 2.79. The van der Waals surface area contributed by atoms with Crippen molar-refractivity contribution in [3.63, 3.8) is 0 Å². The number of aliphatic hydroxyl groups excluding tert-OH is 1. The van der Waals surface area contributed by atoms with Gasteiger partial charge in [0.05, 0.1) is 11.8 Å². The highest BCUT2D eigenvalue weighted by Gasteiger charge is 2.30. The van der Waals surface area contributed by atoms with Crippen molar-refractivity contribution in [1.29, 1.82) is 0 Å². The van der Waals surface area contributed by atoms with Crippen LogP contribution in [0.15, 0.2) is 12.3 Å². The highest BCUT2D eigenvalue weighted by Crippen LogP contribution is 2.39. The Morgan fingerprint density at radius 2 is 2.12 bits per heavy atom. The number of aromatic nitrogens is 2. The molecule has 0 aliphatic heterocycles. The Balaban J connectivity index is 2.06. The molecule has 90 valence electrons. The molecular weight excluding hydrogens is 200 g/mol. The lowest BCUT2D eigenvalue weighted by molar-refractivity contribution is 0.0505. The third kappa shape index (κ3) is 2.14. The lowest BCUT2D eigenvalue weighted by Gasteiger charge is -2.34. The molecule has 1 aliphatic carbocycles. The van der Waals surface area contributed by atoms with Crippen LogP contribution in [0.4, 0.5) is 0 Å². The molecule has 1 saturated carbocycles. The van der Waals surface area contributed by atoms with E-state index in [1.807, 2.05) is 13.1 Å². The maximum Gasteiger partial charge on any atom is 0.0984 e. The summed E-state index contributed by atoms with van der Waals surface area (Å²) < 4.78 is 1.79. The average Bonchev–Trinajstić information content (AvgIpc) is 2.67. The van der Waals surface area contributed by atoms with Gasteiger partial charge in [-0.1, -0.05) is 20.3 Å². The first-order valence-electron chi connectivity index (χ1n) is 6.25. The van der Waals surface area contributed by atoms with Crippen LogP contribution in [-0.4, -0.2) is 14.9 Å². The van der Waals surface area contributed by atoms with Crippen LogP contribution in [0.5, 0.6) is 0 Å². The summed E-state index contributed by atoms with van der Waals surface area (Å²) in [6.45, 7) is 4.62. The van der Waals surface area contributed by atoms with Crippen molar-refractivity contribution in [2.24, 2.45) is 24.8 Å². The molecule has 1 aromatic rings. The second-order valence-corrected chi connectivity index (χ2v) is 5.35. The minimum Gasteiger partial charge on any atom is -0.387 e. The first-order valence-corrected chi connectivity index (χ1v) is 6.25. The molecule has 1 N–H and O–H groups in total. The van der Waals surface area contributed by atoms with Gasteiger partial charge in [0.25, 0.3) is 0 Å². The average molecular weight is 222 g/mol. The van der Waals surface area contributed by atoms with E-state index in [2.05, 4.69) is 18.9 Å². The van der Waals surface area contributed by atoms with Gasteiger partial charge in [-0.2, -0.15) is 5.10 Å². The number of aryl methyl sites for hydroxylation is 1. The lowest BCUT2D eigenvalue weighted by atomic mass is 9.73. The molecule has 4 unspecified atom stereocenters. The van der Waals surface area contributed by atoms with Crippen molar-refractivity contribution in [3.05, 3.63) is 18.0 Å². The Hall–Kier alpha value is -0.830. The van der Waals surface area contributed by atoms with E-state index < -0.39 is 0 Å².